The third-order valence-corrected chi connectivity index (χ3v) is 3.34. The minimum atomic E-state index is 0.646. The molecule has 2 heterocycles. The molecule has 0 aromatic carbocycles. The summed E-state index contributed by atoms with van der Waals surface area (Å²) in [7, 11) is 1.90. The van der Waals surface area contributed by atoms with Crippen LogP contribution in [0.15, 0.2) is 27.7 Å². The first kappa shape index (κ1) is 11.5. The van der Waals surface area contributed by atoms with Crippen molar-refractivity contribution in [2.75, 3.05) is 5.32 Å². The largest absolute Gasteiger partial charge is 0.363 e. The molecule has 84 valence electrons. The second-order valence-corrected chi connectivity index (χ2v) is 4.84. The van der Waals surface area contributed by atoms with E-state index in [-0.39, 0.29) is 0 Å². The van der Waals surface area contributed by atoms with Gasteiger partial charge in [-0.2, -0.15) is 5.10 Å². The molecule has 2 aromatic heterocycles. The highest BCUT2D eigenvalue weighted by Crippen LogP contribution is 2.20. The van der Waals surface area contributed by atoms with Crippen molar-refractivity contribution >= 4 is 37.7 Å². The number of anilines is 1. The topological polar surface area (TPSA) is 55.6 Å². The first-order valence-electron chi connectivity index (χ1n) is 4.54. The van der Waals surface area contributed by atoms with Crippen LogP contribution >= 0.6 is 31.9 Å². The van der Waals surface area contributed by atoms with E-state index < -0.39 is 0 Å². The van der Waals surface area contributed by atoms with Crippen LogP contribution in [0.5, 0.6) is 0 Å². The fourth-order valence-electron chi connectivity index (χ4n) is 1.25. The van der Waals surface area contributed by atoms with Crippen molar-refractivity contribution in [2.24, 2.45) is 7.05 Å². The fourth-order valence-corrected chi connectivity index (χ4v) is 2.09. The predicted octanol–water partition coefficient (Wildman–Crippen LogP) is 2.35. The minimum absolute atomic E-state index is 0.646. The predicted molar refractivity (Wildman–Crippen MR) is 68.0 cm³/mol. The number of nitrogens with zero attached hydrogens (tertiary/aromatic N) is 4. The number of aryl methyl sites for hydroxylation is 1. The molecule has 2 aromatic rings. The molecule has 0 aliphatic heterocycles. The standard InChI is InChI=1S/C9H9Br2N5/c1-16-8(6(10)3-15-16)4-13-9-7(11)2-12-5-14-9/h2-3,5H,4H2,1H3,(H,12,13,14). The van der Waals surface area contributed by atoms with Gasteiger partial charge in [-0.1, -0.05) is 0 Å². The zero-order valence-electron chi connectivity index (χ0n) is 8.48. The maximum absolute atomic E-state index is 4.14. The molecule has 16 heavy (non-hydrogen) atoms. The molecule has 0 fully saturated rings. The van der Waals surface area contributed by atoms with Crippen LogP contribution < -0.4 is 5.32 Å². The molecule has 0 spiro atoms. The molecule has 1 N–H and O–H groups in total. The van der Waals surface area contributed by atoms with Gasteiger partial charge in [0, 0.05) is 13.2 Å². The summed E-state index contributed by atoms with van der Waals surface area (Å²) in [6.45, 7) is 0.646. The number of rotatable bonds is 3. The highest BCUT2D eigenvalue weighted by Gasteiger charge is 2.07. The summed E-state index contributed by atoms with van der Waals surface area (Å²) < 4.78 is 3.63. The Hall–Kier alpha value is -0.950. The molecule has 5 nitrogen and oxygen atoms in total. The van der Waals surface area contributed by atoms with Crippen molar-refractivity contribution in [3.8, 4) is 0 Å². The lowest BCUT2D eigenvalue weighted by atomic mass is 10.4. The number of nitrogens with one attached hydrogen (secondary N) is 1. The van der Waals surface area contributed by atoms with E-state index >= 15 is 0 Å². The molecule has 7 heteroatoms. The third kappa shape index (κ3) is 2.41. The van der Waals surface area contributed by atoms with Crippen LogP contribution in [-0.4, -0.2) is 19.7 Å². The third-order valence-electron chi connectivity index (χ3n) is 2.10. The average Bonchev–Trinajstić information content (AvgIpc) is 2.58. The van der Waals surface area contributed by atoms with Crippen molar-refractivity contribution in [3.63, 3.8) is 0 Å². The fraction of sp³-hybridized carbons (Fsp3) is 0.222. The SMILES string of the molecule is Cn1ncc(Br)c1CNc1ncncc1Br. The normalized spacial score (nSPS) is 10.4. The van der Waals surface area contributed by atoms with Gasteiger partial charge in [-0.15, -0.1) is 0 Å². The van der Waals surface area contributed by atoms with Crippen LogP contribution in [0.3, 0.4) is 0 Å². The highest BCUT2D eigenvalue weighted by atomic mass is 79.9. The Morgan fingerprint density at radius 3 is 2.75 bits per heavy atom. The van der Waals surface area contributed by atoms with Gasteiger partial charge in [-0.25, -0.2) is 9.97 Å². The van der Waals surface area contributed by atoms with Gasteiger partial charge >= 0.3 is 0 Å². The summed E-state index contributed by atoms with van der Waals surface area (Å²) in [5.41, 5.74) is 1.06. The summed E-state index contributed by atoms with van der Waals surface area (Å²) in [5, 5.41) is 7.34. The summed E-state index contributed by atoms with van der Waals surface area (Å²) in [6.07, 6.45) is 4.98. The van der Waals surface area contributed by atoms with Crippen molar-refractivity contribution in [3.05, 3.63) is 33.4 Å². The molecule has 0 saturated heterocycles. The minimum Gasteiger partial charge on any atom is -0.363 e. The maximum Gasteiger partial charge on any atom is 0.144 e. The van der Waals surface area contributed by atoms with E-state index in [2.05, 4.69) is 52.2 Å². The summed E-state index contributed by atoms with van der Waals surface area (Å²) in [6, 6.07) is 0. The van der Waals surface area contributed by atoms with Crippen LogP contribution in [0.4, 0.5) is 5.82 Å². The van der Waals surface area contributed by atoms with Crippen LogP contribution in [0.25, 0.3) is 0 Å². The first-order valence-corrected chi connectivity index (χ1v) is 6.13. The summed E-state index contributed by atoms with van der Waals surface area (Å²) in [5.74, 6) is 0.767. The second-order valence-electron chi connectivity index (χ2n) is 3.14. The van der Waals surface area contributed by atoms with Gasteiger partial charge < -0.3 is 5.32 Å². The van der Waals surface area contributed by atoms with Crippen LogP contribution in [0.2, 0.25) is 0 Å². The smallest absolute Gasteiger partial charge is 0.144 e. The first-order chi connectivity index (χ1) is 7.68. The van der Waals surface area contributed by atoms with Gasteiger partial charge in [0.2, 0.25) is 0 Å². The molecular formula is C9H9Br2N5. The van der Waals surface area contributed by atoms with Crippen molar-refractivity contribution < 1.29 is 0 Å². The van der Waals surface area contributed by atoms with Crippen LogP contribution in [-0.2, 0) is 13.6 Å². The lowest BCUT2D eigenvalue weighted by Gasteiger charge is -2.07. The Bertz CT molecular complexity index is 477. The Labute approximate surface area is 110 Å². The van der Waals surface area contributed by atoms with Gasteiger partial charge in [0.15, 0.2) is 0 Å². The zero-order valence-corrected chi connectivity index (χ0v) is 11.7. The molecule has 0 radical (unpaired) electrons. The van der Waals surface area contributed by atoms with Crippen LogP contribution in [0.1, 0.15) is 5.69 Å². The highest BCUT2D eigenvalue weighted by molar-refractivity contribution is 9.10. The van der Waals surface area contributed by atoms with Gasteiger partial charge in [-0.05, 0) is 31.9 Å². The van der Waals surface area contributed by atoms with Gasteiger partial charge in [0.25, 0.3) is 0 Å². The van der Waals surface area contributed by atoms with E-state index in [1.165, 1.54) is 6.33 Å². The van der Waals surface area contributed by atoms with E-state index in [0.29, 0.717) is 6.54 Å². The van der Waals surface area contributed by atoms with Gasteiger partial charge in [-0.3, -0.25) is 4.68 Å². The van der Waals surface area contributed by atoms with E-state index in [4.69, 9.17) is 0 Å². The molecule has 0 aliphatic carbocycles. The summed E-state index contributed by atoms with van der Waals surface area (Å²) >= 11 is 6.82. The monoisotopic (exact) mass is 345 g/mol. The van der Waals surface area contributed by atoms with E-state index in [1.54, 1.807) is 12.4 Å². The number of halogens is 2. The molecule has 0 bridgehead atoms. The van der Waals surface area contributed by atoms with Crippen molar-refractivity contribution in [1.82, 2.24) is 19.7 Å². The van der Waals surface area contributed by atoms with E-state index in [0.717, 1.165) is 20.5 Å². The molecule has 0 saturated carbocycles. The quantitative estimate of drug-likeness (QED) is 0.926. The molecule has 0 amide bonds. The number of hydrogen-bond donors (Lipinski definition) is 1. The molecule has 2 rings (SSSR count). The Morgan fingerprint density at radius 2 is 2.12 bits per heavy atom. The van der Waals surface area contributed by atoms with Crippen molar-refractivity contribution in [2.45, 2.75) is 6.54 Å². The van der Waals surface area contributed by atoms with E-state index in [9.17, 15) is 0 Å². The zero-order chi connectivity index (χ0) is 11.5. The molecule has 0 aliphatic rings. The van der Waals surface area contributed by atoms with E-state index in [1.807, 2.05) is 11.7 Å². The number of aromatic nitrogens is 4. The Morgan fingerprint density at radius 1 is 1.31 bits per heavy atom. The molecule has 0 atom stereocenters. The Balaban J connectivity index is 2.11. The Kier molecular flexibility index (Phi) is 3.55. The van der Waals surface area contributed by atoms with Gasteiger partial charge in [0.1, 0.15) is 12.1 Å². The maximum atomic E-state index is 4.14. The van der Waals surface area contributed by atoms with Gasteiger partial charge in [0.05, 0.1) is 27.4 Å². The lowest BCUT2D eigenvalue weighted by molar-refractivity contribution is 0.718. The lowest BCUT2D eigenvalue weighted by Crippen LogP contribution is -2.07. The van der Waals surface area contributed by atoms with Crippen molar-refractivity contribution in [1.29, 1.82) is 0 Å². The number of hydrogen-bond acceptors (Lipinski definition) is 4. The molecular weight excluding hydrogens is 338 g/mol. The molecule has 0 unspecified atom stereocenters. The van der Waals surface area contributed by atoms with Crippen LogP contribution in [0, 0.1) is 0 Å². The second kappa shape index (κ2) is 4.92. The average molecular weight is 347 g/mol. The summed E-state index contributed by atoms with van der Waals surface area (Å²) in [4.78, 5) is 8.02.